The van der Waals surface area contributed by atoms with Crippen LogP contribution in [0.3, 0.4) is 0 Å². The van der Waals surface area contributed by atoms with E-state index in [9.17, 15) is 13.5 Å². The second kappa shape index (κ2) is 9.78. The number of sulfonamides is 1. The van der Waals surface area contributed by atoms with Crippen molar-refractivity contribution in [3.05, 3.63) is 54.6 Å². The fourth-order valence-corrected chi connectivity index (χ4v) is 4.14. The normalized spacial score (nSPS) is 12.3. The van der Waals surface area contributed by atoms with Crippen LogP contribution in [0.2, 0.25) is 0 Å². The highest BCUT2D eigenvalue weighted by Gasteiger charge is 2.29. The van der Waals surface area contributed by atoms with Gasteiger partial charge in [-0.15, -0.1) is 0 Å². The number of nitrogens with zero attached hydrogens (tertiary/aromatic N) is 1. The van der Waals surface area contributed by atoms with Crippen molar-refractivity contribution in [1.82, 2.24) is 0 Å². The van der Waals surface area contributed by atoms with Crippen molar-refractivity contribution in [3.8, 4) is 5.75 Å². The van der Waals surface area contributed by atoms with Gasteiger partial charge in [0.05, 0.1) is 38.3 Å². The number of likely N-dealkylation sites (N-methyl/N-ethyl adjacent to an activating group) is 1. The Morgan fingerprint density at radius 1 is 1.08 bits per heavy atom. The molecule has 0 saturated carbocycles. The van der Waals surface area contributed by atoms with Crippen LogP contribution in [0, 0.1) is 0 Å². The molecule has 0 bridgehead atoms. The number of hydrogen-bond donors (Lipinski definition) is 2. The zero-order chi connectivity index (χ0) is 18.4. The Hall–Kier alpha value is -1.80. The summed E-state index contributed by atoms with van der Waals surface area (Å²) in [5, 5.41) is 10.4. The quantitative estimate of drug-likeness (QED) is 0.510. The first-order chi connectivity index (χ1) is 11.9. The van der Waals surface area contributed by atoms with Crippen molar-refractivity contribution in [2.45, 2.75) is 11.0 Å². The summed E-state index contributed by atoms with van der Waals surface area (Å²) in [6.07, 6.45) is -0.812. The molecule has 2 aromatic carbocycles. The van der Waals surface area contributed by atoms with E-state index in [1.807, 2.05) is 14.1 Å². The van der Waals surface area contributed by atoms with Gasteiger partial charge in [0.25, 0.3) is 10.0 Å². The Morgan fingerprint density at radius 2 is 1.65 bits per heavy atom. The van der Waals surface area contributed by atoms with Gasteiger partial charge in [0.2, 0.25) is 0 Å². The zero-order valence-electron chi connectivity index (χ0n) is 15.1. The molecule has 6 nitrogen and oxygen atoms in total. The molecule has 0 fully saturated rings. The molecular formula is C18H25ClN2O4S. The number of aliphatic hydroxyl groups is 1. The van der Waals surface area contributed by atoms with Crippen molar-refractivity contribution in [2.24, 2.45) is 0 Å². The van der Waals surface area contributed by atoms with Crippen LogP contribution in [0.25, 0.3) is 0 Å². The molecule has 2 rings (SSSR count). The average Bonchev–Trinajstić information content (AvgIpc) is 2.59. The number of ether oxygens (including phenoxy) is 1. The second-order valence-electron chi connectivity index (χ2n) is 6.09. The van der Waals surface area contributed by atoms with Gasteiger partial charge in [0, 0.05) is 0 Å². The van der Waals surface area contributed by atoms with Crippen molar-refractivity contribution in [3.63, 3.8) is 0 Å². The van der Waals surface area contributed by atoms with Crippen LogP contribution in [0.1, 0.15) is 0 Å². The van der Waals surface area contributed by atoms with Crippen LogP contribution in [0.15, 0.2) is 59.5 Å². The highest BCUT2D eigenvalue weighted by Crippen LogP contribution is 2.32. The van der Waals surface area contributed by atoms with E-state index in [4.69, 9.17) is 4.74 Å². The molecule has 2 aromatic rings. The number of quaternary nitrogens is 1. The minimum atomic E-state index is -3.83. The van der Waals surface area contributed by atoms with Gasteiger partial charge in [-0.3, -0.25) is 4.31 Å². The lowest BCUT2D eigenvalue weighted by Gasteiger charge is -2.28. The van der Waals surface area contributed by atoms with E-state index in [2.05, 4.69) is 0 Å². The Labute approximate surface area is 161 Å². The third-order valence-corrected chi connectivity index (χ3v) is 5.50. The van der Waals surface area contributed by atoms with Crippen LogP contribution >= 0.6 is 0 Å². The van der Waals surface area contributed by atoms with Crippen molar-refractivity contribution in [1.29, 1.82) is 0 Å². The summed E-state index contributed by atoms with van der Waals surface area (Å²) in [5.74, 6) is 0.436. The van der Waals surface area contributed by atoms with Crippen molar-refractivity contribution >= 4 is 15.7 Å². The van der Waals surface area contributed by atoms with E-state index in [-0.39, 0.29) is 23.8 Å². The number of rotatable bonds is 8. The van der Waals surface area contributed by atoms with Crippen LogP contribution < -0.4 is 26.3 Å². The first kappa shape index (κ1) is 22.2. The van der Waals surface area contributed by atoms with E-state index >= 15 is 0 Å². The average molecular weight is 401 g/mol. The molecule has 0 spiro atoms. The fraction of sp³-hybridized carbons (Fsp3) is 0.333. The number of methoxy groups -OCH3 is 1. The van der Waals surface area contributed by atoms with Gasteiger partial charge in [0.15, 0.2) is 0 Å². The SMILES string of the molecule is COc1ccccc1N(CC(O)C[NH+](C)C)S(=O)(=O)c1ccccc1.[Cl-]. The standard InChI is InChI=1S/C18H24N2O4S.ClH/c1-19(2)13-15(21)14-20(17-11-7-8-12-18(17)24-3)25(22,23)16-9-5-4-6-10-16;/h4-12,15,21H,13-14H2,1-3H3;1H. The lowest BCUT2D eigenvalue weighted by Crippen LogP contribution is -3.07. The van der Waals surface area contributed by atoms with Gasteiger partial charge in [-0.25, -0.2) is 8.42 Å². The third kappa shape index (κ3) is 5.35. The monoisotopic (exact) mass is 400 g/mol. The van der Waals surface area contributed by atoms with Crippen LogP contribution in [0.4, 0.5) is 5.69 Å². The molecule has 0 aliphatic carbocycles. The Kier molecular flexibility index (Phi) is 8.36. The maximum atomic E-state index is 13.2. The predicted octanol–water partition coefficient (Wildman–Crippen LogP) is -2.60. The Morgan fingerprint density at radius 3 is 2.23 bits per heavy atom. The molecule has 0 heterocycles. The van der Waals surface area contributed by atoms with Gasteiger partial charge in [0.1, 0.15) is 18.4 Å². The van der Waals surface area contributed by atoms with E-state index in [0.717, 1.165) is 4.90 Å². The van der Waals surface area contributed by atoms with E-state index in [0.29, 0.717) is 18.0 Å². The molecule has 0 aliphatic heterocycles. The first-order valence-electron chi connectivity index (χ1n) is 8.04. The molecule has 1 unspecified atom stereocenters. The molecule has 144 valence electrons. The van der Waals surface area contributed by atoms with Crippen LogP contribution in [-0.4, -0.2) is 53.9 Å². The van der Waals surface area contributed by atoms with Gasteiger partial charge in [-0.2, -0.15) is 0 Å². The number of anilines is 1. The predicted molar refractivity (Wildman–Crippen MR) is 97.7 cm³/mol. The van der Waals surface area contributed by atoms with Crippen molar-refractivity contribution in [2.75, 3.05) is 38.6 Å². The second-order valence-corrected chi connectivity index (χ2v) is 7.95. The van der Waals surface area contributed by atoms with E-state index < -0.39 is 16.1 Å². The zero-order valence-corrected chi connectivity index (χ0v) is 16.7. The lowest BCUT2D eigenvalue weighted by atomic mass is 10.2. The van der Waals surface area contributed by atoms with Gasteiger partial charge >= 0.3 is 0 Å². The van der Waals surface area contributed by atoms with Gasteiger partial charge in [-0.05, 0) is 24.3 Å². The fourth-order valence-electron chi connectivity index (χ4n) is 2.61. The highest BCUT2D eigenvalue weighted by molar-refractivity contribution is 7.92. The maximum absolute atomic E-state index is 13.2. The van der Waals surface area contributed by atoms with Gasteiger partial charge in [-0.1, -0.05) is 30.3 Å². The number of para-hydroxylation sites is 2. The largest absolute Gasteiger partial charge is 1.00 e. The summed E-state index contributed by atoms with van der Waals surface area (Å²) in [6, 6.07) is 15.1. The molecule has 0 aliphatic rings. The Bertz CT molecular complexity index is 785. The molecule has 1 atom stereocenters. The molecule has 0 radical (unpaired) electrons. The summed E-state index contributed by atoms with van der Waals surface area (Å²) >= 11 is 0. The van der Waals surface area contributed by atoms with Crippen molar-refractivity contribution < 1.29 is 35.6 Å². The van der Waals surface area contributed by atoms with E-state index in [1.54, 1.807) is 54.6 Å². The molecular weight excluding hydrogens is 376 g/mol. The number of hydrogen-bond acceptors (Lipinski definition) is 4. The number of benzene rings is 2. The summed E-state index contributed by atoms with van der Waals surface area (Å²) in [5.41, 5.74) is 0.404. The topological polar surface area (TPSA) is 71.3 Å². The summed E-state index contributed by atoms with van der Waals surface area (Å²) in [7, 11) is 1.47. The molecule has 8 heteroatoms. The highest BCUT2D eigenvalue weighted by atomic mass is 35.5. The van der Waals surface area contributed by atoms with Gasteiger partial charge < -0.3 is 27.2 Å². The first-order valence-corrected chi connectivity index (χ1v) is 9.48. The Balaban J connectivity index is 0.00000338. The lowest BCUT2D eigenvalue weighted by molar-refractivity contribution is -0.861. The molecule has 0 amide bonds. The molecule has 0 saturated heterocycles. The molecule has 2 N–H and O–H groups in total. The van der Waals surface area contributed by atoms with Crippen LogP contribution in [-0.2, 0) is 10.0 Å². The van der Waals surface area contributed by atoms with E-state index in [1.165, 1.54) is 11.4 Å². The van der Waals surface area contributed by atoms with Crippen LogP contribution in [0.5, 0.6) is 5.75 Å². The number of nitrogens with one attached hydrogen (secondary N) is 1. The third-order valence-electron chi connectivity index (χ3n) is 3.71. The number of halogens is 1. The molecule has 0 aromatic heterocycles. The molecule has 26 heavy (non-hydrogen) atoms. The summed E-state index contributed by atoms with van der Waals surface area (Å²) < 4.78 is 32.9. The number of aliphatic hydroxyl groups excluding tert-OH is 1. The minimum Gasteiger partial charge on any atom is -1.00 e. The summed E-state index contributed by atoms with van der Waals surface area (Å²) in [4.78, 5) is 1.20. The minimum absolute atomic E-state index is 0. The smallest absolute Gasteiger partial charge is 0.264 e. The summed E-state index contributed by atoms with van der Waals surface area (Å²) in [6.45, 7) is 0.374. The maximum Gasteiger partial charge on any atom is 0.264 e.